The lowest BCUT2D eigenvalue weighted by Crippen LogP contribution is -2.15. The largest absolute Gasteiger partial charge is 0.481 e. The summed E-state index contributed by atoms with van der Waals surface area (Å²) in [5.41, 5.74) is 1.82. The van der Waals surface area contributed by atoms with Crippen LogP contribution in [0, 0.1) is 10.8 Å². The molecule has 2 aliphatic rings. The number of rotatable bonds is 11. The first-order chi connectivity index (χ1) is 12.0. The topological polar surface area (TPSA) is 74.6 Å². The molecule has 0 unspecified atom stereocenters. The maximum atomic E-state index is 11.3. The van der Waals surface area contributed by atoms with Crippen LogP contribution < -0.4 is 0 Å². The highest BCUT2D eigenvalue weighted by molar-refractivity contribution is 5.78. The predicted octanol–water partition coefficient (Wildman–Crippen LogP) is 4.45. The molecule has 136 valence electrons. The van der Waals surface area contributed by atoms with Gasteiger partial charge in [0.25, 0.3) is 0 Å². The van der Waals surface area contributed by atoms with Crippen LogP contribution in [0.1, 0.15) is 68.9 Å². The summed E-state index contributed by atoms with van der Waals surface area (Å²) in [6, 6.07) is 8.41. The summed E-state index contributed by atoms with van der Waals surface area (Å²) in [5.74, 6) is -1.26. The average molecular weight is 344 g/mol. The molecule has 1 aromatic carbocycles. The molecule has 0 saturated heterocycles. The fraction of sp³-hybridized carbons (Fsp3) is 0.619. The second-order valence-corrected chi connectivity index (χ2v) is 8.00. The highest BCUT2D eigenvalue weighted by atomic mass is 16.4. The number of carbonyl (C=O) groups is 2. The molecule has 0 amide bonds. The van der Waals surface area contributed by atoms with Crippen molar-refractivity contribution in [2.75, 3.05) is 0 Å². The molecule has 25 heavy (non-hydrogen) atoms. The van der Waals surface area contributed by atoms with Crippen LogP contribution in [0.2, 0.25) is 0 Å². The molecule has 0 spiro atoms. The van der Waals surface area contributed by atoms with Gasteiger partial charge in [0, 0.05) is 0 Å². The number of aliphatic carboxylic acids is 2. The predicted molar refractivity (Wildman–Crippen MR) is 95.5 cm³/mol. The molecule has 0 aromatic heterocycles. The molecule has 3 rings (SSSR count). The second-order valence-electron chi connectivity index (χ2n) is 8.00. The van der Waals surface area contributed by atoms with E-state index in [0.717, 1.165) is 70.6 Å². The van der Waals surface area contributed by atoms with Crippen molar-refractivity contribution in [3.63, 3.8) is 0 Å². The molecule has 2 fully saturated rings. The first-order valence-corrected chi connectivity index (χ1v) is 9.51. The Morgan fingerprint density at radius 1 is 0.760 bits per heavy atom. The minimum absolute atomic E-state index is 0.408. The van der Waals surface area contributed by atoms with E-state index in [4.69, 9.17) is 0 Å². The van der Waals surface area contributed by atoms with Crippen LogP contribution in [0.25, 0.3) is 0 Å². The molecule has 0 radical (unpaired) electrons. The van der Waals surface area contributed by atoms with Gasteiger partial charge in [-0.25, -0.2) is 0 Å². The highest BCUT2D eigenvalue weighted by Crippen LogP contribution is 2.50. The summed E-state index contributed by atoms with van der Waals surface area (Å²) in [6.07, 6.45) is 9.72. The first kappa shape index (κ1) is 18.0. The Morgan fingerprint density at radius 3 is 1.64 bits per heavy atom. The van der Waals surface area contributed by atoms with Gasteiger partial charge in [0.1, 0.15) is 0 Å². The van der Waals surface area contributed by atoms with Crippen molar-refractivity contribution in [3.05, 3.63) is 35.4 Å². The van der Waals surface area contributed by atoms with Gasteiger partial charge in [0.15, 0.2) is 0 Å². The van der Waals surface area contributed by atoms with E-state index in [0.29, 0.717) is 0 Å². The van der Waals surface area contributed by atoms with Gasteiger partial charge in [-0.2, -0.15) is 0 Å². The summed E-state index contributed by atoms with van der Waals surface area (Å²) in [5, 5.41) is 18.5. The van der Waals surface area contributed by atoms with Crippen molar-refractivity contribution < 1.29 is 19.8 Å². The molecule has 4 nitrogen and oxygen atoms in total. The van der Waals surface area contributed by atoms with Crippen molar-refractivity contribution >= 4 is 11.9 Å². The van der Waals surface area contributed by atoms with Gasteiger partial charge in [-0.05, 0) is 75.3 Å². The summed E-state index contributed by atoms with van der Waals surface area (Å²) >= 11 is 0. The zero-order chi connectivity index (χ0) is 17.9. The summed E-state index contributed by atoms with van der Waals surface area (Å²) < 4.78 is 0. The number of aryl methyl sites for hydroxylation is 2. The van der Waals surface area contributed by atoms with Gasteiger partial charge in [-0.3, -0.25) is 9.59 Å². The van der Waals surface area contributed by atoms with Gasteiger partial charge in [-0.15, -0.1) is 0 Å². The van der Waals surface area contributed by atoms with Crippen molar-refractivity contribution in [2.45, 2.75) is 70.6 Å². The monoisotopic (exact) mass is 344 g/mol. The molecular weight excluding hydrogens is 316 g/mol. The van der Waals surface area contributed by atoms with Crippen LogP contribution in [0.4, 0.5) is 0 Å². The Bertz CT molecular complexity index is 641. The van der Waals surface area contributed by atoms with E-state index in [1.165, 1.54) is 11.1 Å². The third-order valence-electron chi connectivity index (χ3n) is 6.19. The smallest absolute Gasteiger partial charge is 0.309 e. The Morgan fingerprint density at radius 2 is 1.20 bits per heavy atom. The number of benzene rings is 1. The van der Waals surface area contributed by atoms with Crippen LogP contribution in [0.15, 0.2) is 24.3 Å². The maximum absolute atomic E-state index is 11.3. The molecule has 0 heterocycles. The Hall–Kier alpha value is -1.84. The fourth-order valence-corrected chi connectivity index (χ4v) is 3.88. The zero-order valence-corrected chi connectivity index (χ0v) is 14.8. The lowest BCUT2D eigenvalue weighted by molar-refractivity contribution is -0.144. The minimum atomic E-state index is -0.631. The van der Waals surface area contributed by atoms with Crippen LogP contribution in [-0.4, -0.2) is 22.2 Å². The zero-order valence-electron chi connectivity index (χ0n) is 14.8. The second kappa shape index (κ2) is 7.19. The fourth-order valence-electron chi connectivity index (χ4n) is 3.88. The SMILES string of the molecule is O=C(O)C1(CCCCc2ccccc2CCCC2(C(=O)O)CC2)CC1. The summed E-state index contributed by atoms with van der Waals surface area (Å²) in [6.45, 7) is 0. The van der Waals surface area contributed by atoms with E-state index in [2.05, 4.69) is 18.2 Å². The van der Waals surface area contributed by atoms with Crippen LogP contribution in [0.5, 0.6) is 0 Å². The summed E-state index contributed by atoms with van der Waals surface area (Å²) in [7, 11) is 0. The van der Waals surface area contributed by atoms with Gasteiger partial charge >= 0.3 is 11.9 Å². The van der Waals surface area contributed by atoms with Crippen LogP contribution in [-0.2, 0) is 22.4 Å². The van der Waals surface area contributed by atoms with E-state index in [9.17, 15) is 19.8 Å². The van der Waals surface area contributed by atoms with E-state index >= 15 is 0 Å². The lowest BCUT2D eigenvalue weighted by Gasteiger charge is -2.13. The normalized spacial score (nSPS) is 19.4. The van der Waals surface area contributed by atoms with Crippen LogP contribution >= 0.6 is 0 Å². The van der Waals surface area contributed by atoms with Gasteiger partial charge in [-0.1, -0.05) is 30.7 Å². The van der Waals surface area contributed by atoms with Crippen molar-refractivity contribution in [1.29, 1.82) is 0 Å². The maximum Gasteiger partial charge on any atom is 0.309 e. The quantitative estimate of drug-likeness (QED) is 0.582. The summed E-state index contributed by atoms with van der Waals surface area (Å²) in [4.78, 5) is 22.5. The molecule has 0 atom stereocenters. The van der Waals surface area contributed by atoms with E-state index in [1.807, 2.05) is 6.07 Å². The van der Waals surface area contributed by atoms with Gasteiger partial charge < -0.3 is 10.2 Å². The van der Waals surface area contributed by atoms with E-state index in [-0.39, 0.29) is 0 Å². The third-order valence-corrected chi connectivity index (χ3v) is 6.19. The Labute approximate surface area is 149 Å². The molecular formula is C21H28O4. The molecule has 4 heteroatoms. The molecule has 2 saturated carbocycles. The van der Waals surface area contributed by atoms with E-state index < -0.39 is 22.8 Å². The third kappa shape index (κ3) is 4.23. The van der Waals surface area contributed by atoms with Crippen molar-refractivity contribution in [2.24, 2.45) is 10.8 Å². The molecule has 1 aromatic rings. The van der Waals surface area contributed by atoms with Gasteiger partial charge in [0.2, 0.25) is 0 Å². The molecule has 2 N–H and O–H groups in total. The minimum Gasteiger partial charge on any atom is -0.481 e. The van der Waals surface area contributed by atoms with Gasteiger partial charge in [0.05, 0.1) is 10.8 Å². The molecule has 0 aliphatic heterocycles. The standard InChI is InChI=1S/C21H28O4/c22-18(23)20(12-13-20)10-4-3-8-16-6-1-2-7-17(16)9-5-11-21(14-15-21)19(24)25/h1-2,6-7H,3-5,8-15H2,(H,22,23)(H,24,25). The van der Waals surface area contributed by atoms with Crippen molar-refractivity contribution in [3.8, 4) is 0 Å². The average Bonchev–Trinajstić information content (AvgIpc) is 3.48. The van der Waals surface area contributed by atoms with E-state index in [1.54, 1.807) is 0 Å². The first-order valence-electron chi connectivity index (χ1n) is 9.51. The number of hydrogen-bond acceptors (Lipinski definition) is 2. The number of unbranched alkanes of at least 4 members (excludes halogenated alkanes) is 1. The highest BCUT2D eigenvalue weighted by Gasteiger charge is 2.49. The number of hydrogen-bond donors (Lipinski definition) is 2. The Kier molecular flexibility index (Phi) is 5.16. The lowest BCUT2D eigenvalue weighted by atomic mass is 9.92. The number of carboxylic acid groups (broad SMARTS) is 2. The van der Waals surface area contributed by atoms with Crippen molar-refractivity contribution in [1.82, 2.24) is 0 Å². The molecule has 2 aliphatic carbocycles. The number of carboxylic acids is 2. The molecule has 0 bridgehead atoms. The van der Waals surface area contributed by atoms with Crippen LogP contribution in [0.3, 0.4) is 0 Å². The Balaban J connectivity index is 1.44.